The molecule has 0 aromatic heterocycles. The normalized spacial score (nSPS) is 16.3. The van der Waals surface area contributed by atoms with E-state index in [1.165, 1.54) is 103 Å². The average Bonchev–Trinajstić information content (AvgIpc) is 2.72. The van der Waals surface area contributed by atoms with Gasteiger partial charge in [-0.05, 0) is 51.4 Å². The molecule has 1 saturated heterocycles. The monoisotopic (exact) mass is 386 g/mol. The highest BCUT2D eigenvalue weighted by Crippen LogP contribution is 2.08. The first-order valence-electron chi connectivity index (χ1n) is 11.8. The van der Waals surface area contributed by atoms with Crippen LogP contribution in [0.1, 0.15) is 77.0 Å². The lowest BCUT2D eigenvalue weighted by Gasteiger charge is -2.33. The van der Waals surface area contributed by atoms with E-state index in [1.807, 2.05) is 12.2 Å². The molecular formula is C26H46N2. The number of allylic oxidation sites excluding steroid dienone is 4. The number of nitrogens with zero attached hydrogens (tertiary/aromatic N) is 2. The Morgan fingerprint density at radius 3 is 1.18 bits per heavy atom. The molecule has 160 valence electrons. The number of hydrogen-bond donors (Lipinski definition) is 0. The van der Waals surface area contributed by atoms with E-state index in [-0.39, 0.29) is 0 Å². The van der Waals surface area contributed by atoms with Gasteiger partial charge in [0.25, 0.3) is 0 Å². The van der Waals surface area contributed by atoms with Crippen molar-refractivity contribution in [3.05, 3.63) is 49.6 Å². The lowest BCUT2D eigenvalue weighted by molar-refractivity contribution is 0.153. The summed E-state index contributed by atoms with van der Waals surface area (Å²) in [7, 11) is 0. The summed E-state index contributed by atoms with van der Waals surface area (Å²) < 4.78 is 0. The van der Waals surface area contributed by atoms with Gasteiger partial charge in [0, 0.05) is 39.3 Å². The molecule has 0 amide bonds. The highest BCUT2D eigenvalue weighted by atomic mass is 15.3. The molecule has 0 aromatic carbocycles. The van der Waals surface area contributed by atoms with Crippen LogP contribution in [-0.2, 0) is 0 Å². The van der Waals surface area contributed by atoms with Crippen LogP contribution in [0.2, 0.25) is 0 Å². The molecule has 1 rings (SSSR count). The summed E-state index contributed by atoms with van der Waals surface area (Å²) in [6.45, 7) is 14.7. The molecular weight excluding hydrogens is 340 g/mol. The molecule has 1 fully saturated rings. The van der Waals surface area contributed by atoms with Gasteiger partial charge in [-0.1, -0.05) is 62.1 Å². The number of piperazine rings is 1. The molecule has 0 aromatic rings. The van der Waals surface area contributed by atoms with Crippen LogP contribution in [-0.4, -0.2) is 49.1 Å². The van der Waals surface area contributed by atoms with Crippen molar-refractivity contribution in [3.8, 4) is 0 Å². The quantitative estimate of drug-likeness (QED) is 0.189. The average molecular weight is 387 g/mol. The third-order valence-electron chi connectivity index (χ3n) is 5.58. The lowest BCUT2D eigenvalue weighted by atomic mass is 10.1. The van der Waals surface area contributed by atoms with Gasteiger partial charge in [0.1, 0.15) is 0 Å². The van der Waals surface area contributed by atoms with Gasteiger partial charge in [0.15, 0.2) is 0 Å². The smallest absolute Gasteiger partial charge is 0.0164 e. The third-order valence-corrected chi connectivity index (χ3v) is 5.58. The first-order valence-corrected chi connectivity index (χ1v) is 11.8. The maximum Gasteiger partial charge on any atom is 0.0164 e. The Labute approximate surface area is 176 Å². The van der Waals surface area contributed by atoms with Crippen molar-refractivity contribution >= 4 is 0 Å². The second-order valence-corrected chi connectivity index (χ2v) is 8.10. The summed E-state index contributed by atoms with van der Waals surface area (Å²) >= 11 is 0. The van der Waals surface area contributed by atoms with E-state index in [4.69, 9.17) is 0 Å². The lowest BCUT2D eigenvalue weighted by Crippen LogP contribution is -2.46. The Morgan fingerprint density at radius 1 is 0.464 bits per heavy atom. The molecule has 0 aliphatic carbocycles. The molecule has 0 bridgehead atoms. The van der Waals surface area contributed by atoms with E-state index >= 15 is 0 Å². The van der Waals surface area contributed by atoms with Crippen LogP contribution in [0.4, 0.5) is 0 Å². The van der Waals surface area contributed by atoms with E-state index in [1.54, 1.807) is 0 Å². The fourth-order valence-electron chi connectivity index (χ4n) is 3.65. The largest absolute Gasteiger partial charge is 0.297 e. The molecule has 0 N–H and O–H groups in total. The zero-order valence-corrected chi connectivity index (χ0v) is 18.5. The molecule has 1 aliphatic rings. The van der Waals surface area contributed by atoms with Crippen molar-refractivity contribution in [2.24, 2.45) is 0 Å². The number of rotatable bonds is 18. The minimum absolute atomic E-state index is 1.13. The van der Waals surface area contributed by atoms with Crippen LogP contribution in [0.5, 0.6) is 0 Å². The molecule has 1 heterocycles. The van der Waals surface area contributed by atoms with Crippen LogP contribution < -0.4 is 0 Å². The summed E-state index contributed by atoms with van der Waals surface area (Å²) in [5.41, 5.74) is 0. The SMILES string of the molecule is C=CCCCCCCC=CCN1CCN(CC=CCCCCCCC=C)CC1. The first-order chi connectivity index (χ1) is 13.9. The van der Waals surface area contributed by atoms with Gasteiger partial charge >= 0.3 is 0 Å². The maximum absolute atomic E-state index is 3.78. The van der Waals surface area contributed by atoms with Gasteiger partial charge in [-0.15, -0.1) is 13.2 Å². The molecule has 0 atom stereocenters. The standard InChI is InChI=1S/C26H46N2/c1-3-5-7-9-11-13-15-17-19-21-27-23-25-28(26-24-27)22-20-18-16-14-12-10-8-6-4-2/h3-4,17-20H,1-2,5-16,21-26H2. The maximum atomic E-state index is 3.78. The minimum atomic E-state index is 1.13. The van der Waals surface area contributed by atoms with Gasteiger partial charge in [-0.25, -0.2) is 0 Å². The molecule has 28 heavy (non-hydrogen) atoms. The van der Waals surface area contributed by atoms with Gasteiger partial charge < -0.3 is 0 Å². The highest BCUT2D eigenvalue weighted by molar-refractivity contribution is 4.89. The fourth-order valence-corrected chi connectivity index (χ4v) is 3.65. The van der Waals surface area contributed by atoms with E-state index in [9.17, 15) is 0 Å². The van der Waals surface area contributed by atoms with Crippen molar-refractivity contribution < 1.29 is 0 Å². The fraction of sp³-hybridized carbons (Fsp3) is 0.692. The van der Waals surface area contributed by atoms with Crippen LogP contribution in [0, 0.1) is 0 Å². The van der Waals surface area contributed by atoms with Gasteiger partial charge in [0.2, 0.25) is 0 Å². The summed E-state index contributed by atoms with van der Waals surface area (Å²) in [4.78, 5) is 5.17. The Hall–Kier alpha value is -1.12. The Kier molecular flexibility index (Phi) is 17.1. The topological polar surface area (TPSA) is 6.48 Å². The number of unbranched alkanes of at least 4 members (excludes halogenated alkanes) is 10. The third kappa shape index (κ3) is 14.9. The van der Waals surface area contributed by atoms with E-state index in [0.717, 1.165) is 13.1 Å². The van der Waals surface area contributed by atoms with Crippen LogP contribution >= 0.6 is 0 Å². The molecule has 1 aliphatic heterocycles. The summed E-state index contributed by atoms with van der Waals surface area (Å²) in [5.74, 6) is 0. The predicted molar refractivity (Wildman–Crippen MR) is 127 cm³/mol. The van der Waals surface area contributed by atoms with Crippen molar-refractivity contribution in [2.45, 2.75) is 77.0 Å². The highest BCUT2D eigenvalue weighted by Gasteiger charge is 2.14. The molecule has 0 saturated carbocycles. The summed E-state index contributed by atoms with van der Waals surface area (Å²) in [6.07, 6.45) is 29.2. The Bertz CT molecular complexity index is 376. The molecule has 2 heteroatoms. The van der Waals surface area contributed by atoms with Crippen LogP contribution in [0.25, 0.3) is 0 Å². The molecule has 0 spiro atoms. The Balaban J connectivity index is 1.93. The van der Waals surface area contributed by atoms with Gasteiger partial charge in [-0.3, -0.25) is 9.80 Å². The molecule has 2 nitrogen and oxygen atoms in total. The van der Waals surface area contributed by atoms with E-state index < -0.39 is 0 Å². The van der Waals surface area contributed by atoms with Crippen molar-refractivity contribution in [2.75, 3.05) is 39.3 Å². The van der Waals surface area contributed by atoms with Gasteiger partial charge in [0.05, 0.1) is 0 Å². The van der Waals surface area contributed by atoms with Crippen molar-refractivity contribution in [1.29, 1.82) is 0 Å². The summed E-state index contributed by atoms with van der Waals surface area (Å²) in [5, 5.41) is 0. The molecule has 0 radical (unpaired) electrons. The minimum Gasteiger partial charge on any atom is -0.297 e. The first kappa shape index (κ1) is 24.9. The van der Waals surface area contributed by atoms with Gasteiger partial charge in [-0.2, -0.15) is 0 Å². The van der Waals surface area contributed by atoms with Crippen LogP contribution in [0.3, 0.4) is 0 Å². The second kappa shape index (κ2) is 19.2. The molecule has 0 unspecified atom stereocenters. The Morgan fingerprint density at radius 2 is 0.821 bits per heavy atom. The van der Waals surface area contributed by atoms with E-state index in [2.05, 4.69) is 47.3 Å². The van der Waals surface area contributed by atoms with Crippen molar-refractivity contribution in [3.63, 3.8) is 0 Å². The number of hydrogen-bond acceptors (Lipinski definition) is 2. The zero-order valence-electron chi connectivity index (χ0n) is 18.5. The van der Waals surface area contributed by atoms with Crippen LogP contribution in [0.15, 0.2) is 49.6 Å². The second-order valence-electron chi connectivity index (χ2n) is 8.10. The predicted octanol–water partition coefficient (Wildman–Crippen LogP) is 6.77. The van der Waals surface area contributed by atoms with E-state index in [0.29, 0.717) is 0 Å². The summed E-state index contributed by atoms with van der Waals surface area (Å²) in [6, 6.07) is 0. The zero-order chi connectivity index (χ0) is 20.1. The van der Waals surface area contributed by atoms with Crippen molar-refractivity contribution in [1.82, 2.24) is 9.80 Å².